The molecule has 0 saturated carbocycles. The minimum atomic E-state index is -3.12. The lowest BCUT2D eigenvalue weighted by molar-refractivity contribution is 0.00289. The fraction of sp³-hybridized carbons (Fsp3) is 0.632. The van der Waals surface area contributed by atoms with E-state index in [-0.39, 0.29) is 31.3 Å². The van der Waals surface area contributed by atoms with Crippen LogP contribution in [0.5, 0.6) is 5.75 Å². The smallest absolute Gasteiger partial charge is 0.404 e. The summed E-state index contributed by atoms with van der Waals surface area (Å²) in [4.78, 5) is 11.8. The largest absolute Gasteiger partial charge is 0.501 e. The van der Waals surface area contributed by atoms with Gasteiger partial charge in [0, 0.05) is 30.9 Å². The van der Waals surface area contributed by atoms with E-state index < -0.39 is 49.7 Å². The fourth-order valence-corrected chi connectivity index (χ4v) is 5.92. The van der Waals surface area contributed by atoms with Gasteiger partial charge in [-0.3, -0.25) is 0 Å². The SMILES string of the molecule is CC(C)O[Si](CCCNC(=O)Oc1c(F)c(F)c(F)c(F)c1F)(OC(C)C)OC(C)C. The van der Waals surface area contributed by atoms with Crippen molar-refractivity contribution in [3.63, 3.8) is 0 Å². The second kappa shape index (κ2) is 11.7. The molecule has 0 aliphatic heterocycles. The molecule has 0 radical (unpaired) electrons. The van der Waals surface area contributed by atoms with Crippen molar-refractivity contribution >= 4 is 14.9 Å². The van der Waals surface area contributed by atoms with Gasteiger partial charge in [-0.1, -0.05) is 0 Å². The molecule has 0 aromatic heterocycles. The van der Waals surface area contributed by atoms with Crippen molar-refractivity contribution in [2.75, 3.05) is 6.54 Å². The summed E-state index contributed by atoms with van der Waals surface area (Å²) in [7, 11) is -3.12. The molecule has 0 fully saturated rings. The maximum Gasteiger partial charge on any atom is 0.501 e. The highest BCUT2D eigenvalue weighted by Crippen LogP contribution is 2.29. The standard InChI is InChI=1S/C19H28F5NO5Si/c1-10(2)28-31(29-11(3)4,30-12(5)6)9-7-8-25-19(26)27-18-16(23)14(21)13(20)15(22)17(18)24/h10-12H,7-9H2,1-6H3,(H,25,26). The lowest BCUT2D eigenvalue weighted by Gasteiger charge is -2.34. The van der Waals surface area contributed by atoms with Crippen molar-refractivity contribution in [3.8, 4) is 5.75 Å². The molecule has 0 unspecified atom stereocenters. The van der Waals surface area contributed by atoms with Crippen LogP contribution in [-0.4, -0.2) is 39.8 Å². The molecule has 178 valence electrons. The molecule has 1 amide bonds. The van der Waals surface area contributed by atoms with Gasteiger partial charge in [0.25, 0.3) is 0 Å². The monoisotopic (exact) mass is 473 g/mol. The molecule has 1 rings (SSSR count). The fourth-order valence-electron chi connectivity index (χ4n) is 2.64. The van der Waals surface area contributed by atoms with Gasteiger partial charge in [0.05, 0.1) is 0 Å². The van der Waals surface area contributed by atoms with Gasteiger partial charge in [-0.05, 0) is 48.0 Å². The highest BCUT2D eigenvalue weighted by atomic mass is 28.4. The van der Waals surface area contributed by atoms with Crippen LogP contribution in [-0.2, 0) is 13.3 Å². The predicted molar refractivity (Wildman–Crippen MR) is 104 cm³/mol. The third kappa shape index (κ3) is 8.02. The second-order valence-corrected chi connectivity index (χ2v) is 10.1. The number of carbonyl (C=O) groups excluding carboxylic acids is 1. The summed E-state index contributed by atoms with van der Waals surface area (Å²) in [6, 6.07) is 0.310. The number of nitrogens with one attached hydrogen (secondary N) is 1. The molecule has 1 aromatic rings. The Morgan fingerprint density at radius 2 is 1.16 bits per heavy atom. The molecular weight excluding hydrogens is 445 g/mol. The normalized spacial score (nSPS) is 12.2. The topological polar surface area (TPSA) is 66.0 Å². The maximum atomic E-state index is 13.6. The summed E-state index contributed by atoms with van der Waals surface area (Å²) in [5.41, 5.74) is 0. The van der Waals surface area contributed by atoms with Gasteiger partial charge in [0.2, 0.25) is 34.8 Å². The molecule has 0 aliphatic carbocycles. The van der Waals surface area contributed by atoms with Crippen LogP contribution in [0.1, 0.15) is 48.0 Å². The van der Waals surface area contributed by atoms with Gasteiger partial charge in [-0.15, -0.1) is 0 Å². The maximum absolute atomic E-state index is 13.6. The van der Waals surface area contributed by atoms with Gasteiger partial charge >= 0.3 is 14.9 Å². The first-order chi connectivity index (χ1) is 14.3. The van der Waals surface area contributed by atoms with E-state index in [2.05, 4.69) is 10.1 Å². The van der Waals surface area contributed by atoms with Crippen LogP contribution in [0.2, 0.25) is 6.04 Å². The summed E-state index contributed by atoms with van der Waals surface area (Å²) in [6.45, 7) is 10.9. The van der Waals surface area contributed by atoms with E-state index in [0.29, 0.717) is 6.04 Å². The quantitative estimate of drug-likeness (QED) is 0.160. The molecule has 1 aromatic carbocycles. The van der Waals surface area contributed by atoms with E-state index in [1.54, 1.807) is 0 Å². The Morgan fingerprint density at radius 1 is 0.774 bits per heavy atom. The average molecular weight is 474 g/mol. The molecule has 0 aliphatic rings. The highest BCUT2D eigenvalue weighted by molar-refractivity contribution is 6.60. The zero-order valence-electron chi connectivity index (χ0n) is 18.3. The zero-order valence-corrected chi connectivity index (χ0v) is 19.3. The summed E-state index contributed by atoms with van der Waals surface area (Å²) in [5, 5.41) is 2.19. The third-order valence-corrected chi connectivity index (χ3v) is 7.00. The van der Waals surface area contributed by atoms with Gasteiger partial charge < -0.3 is 23.3 Å². The lowest BCUT2D eigenvalue weighted by Crippen LogP contribution is -2.51. The van der Waals surface area contributed by atoms with Gasteiger partial charge in [0.15, 0.2) is 0 Å². The van der Waals surface area contributed by atoms with E-state index in [0.717, 1.165) is 0 Å². The molecule has 0 heterocycles. The molecule has 0 atom stereocenters. The summed E-state index contributed by atoms with van der Waals surface area (Å²) in [6.07, 6.45) is -1.65. The molecule has 1 N–H and O–H groups in total. The molecular formula is C19H28F5NO5Si. The first-order valence-electron chi connectivity index (χ1n) is 9.80. The van der Waals surface area contributed by atoms with E-state index >= 15 is 0 Å². The number of halogens is 5. The molecule has 0 spiro atoms. The van der Waals surface area contributed by atoms with Crippen LogP contribution in [0.3, 0.4) is 0 Å². The molecule has 31 heavy (non-hydrogen) atoms. The first-order valence-corrected chi connectivity index (χ1v) is 11.7. The number of hydrogen-bond acceptors (Lipinski definition) is 5. The minimum Gasteiger partial charge on any atom is -0.404 e. The van der Waals surface area contributed by atoms with Gasteiger partial charge in [-0.2, -0.15) is 8.78 Å². The third-order valence-electron chi connectivity index (χ3n) is 3.54. The van der Waals surface area contributed by atoms with Crippen LogP contribution in [0.25, 0.3) is 0 Å². The Morgan fingerprint density at radius 3 is 1.55 bits per heavy atom. The van der Waals surface area contributed by atoms with Crippen molar-refractivity contribution in [3.05, 3.63) is 29.1 Å². The van der Waals surface area contributed by atoms with Gasteiger partial charge in [-0.25, -0.2) is 18.0 Å². The Balaban J connectivity index is 2.78. The molecule has 6 nitrogen and oxygen atoms in total. The first kappa shape index (κ1) is 27.3. The average Bonchev–Trinajstić information content (AvgIpc) is 2.63. The van der Waals surface area contributed by atoms with E-state index in [4.69, 9.17) is 13.3 Å². The van der Waals surface area contributed by atoms with Crippen molar-refractivity contribution in [2.45, 2.75) is 72.3 Å². The lowest BCUT2D eigenvalue weighted by atomic mass is 10.2. The van der Waals surface area contributed by atoms with Crippen LogP contribution >= 0.6 is 0 Å². The Kier molecular flexibility index (Phi) is 10.3. The summed E-state index contributed by atoms with van der Waals surface area (Å²) >= 11 is 0. The summed E-state index contributed by atoms with van der Waals surface area (Å²) < 4.78 is 88.8. The number of hydrogen-bond donors (Lipinski definition) is 1. The highest BCUT2D eigenvalue weighted by Gasteiger charge is 2.43. The van der Waals surface area contributed by atoms with Crippen LogP contribution in [0.15, 0.2) is 0 Å². The Bertz CT molecular complexity index is 708. The van der Waals surface area contributed by atoms with Crippen molar-refractivity contribution in [1.82, 2.24) is 5.32 Å². The van der Waals surface area contributed by atoms with Gasteiger partial charge in [0.1, 0.15) is 0 Å². The van der Waals surface area contributed by atoms with Crippen molar-refractivity contribution in [1.29, 1.82) is 0 Å². The zero-order chi connectivity index (χ0) is 23.9. The van der Waals surface area contributed by atoms with Crippen LogP contribution in [0, 0.1) is 29.1 Å². The number of carbonyl (C=O) groups is 1. The van der Waals surface area contributed by atoms with E-state index in [9.17, 15) is 26.7 Å². The molecule has 12 heteroatoms. The second-order valence-electron chi connectivity index (χ2n) is 7.50. The molecule has 0 bridgehead atoms. The number of benzene rings is 1. The Labute approximate surface area is 179 Å². The number of ether oxygens (including phenoxy) is 1. The summed E-state index contributed by atoms with van der Waals surface area (Å²) in [5.74, 6) is -12.9. The van der Waals surface area contributed by atoms with Crippen LogP contribution in [0.4, 0.5) is 26.7 Å². The van der Waals surface area contributed by atoms with Crippen LogP contribution < -0.4 is 10.1 Å². The molecule has 0 saturated heterocycles. The van der Waals surface area contributed by atoms with Crippen molar-refractivity contribution < 1.29 is 44.8 Å². The predicted octanol–water partition coefficient (Wildman–Crippen LogP) is 5.07. The van der Waals surface area contributed by atoms with E-state index in [1.165, 1.54) is 0 Å². The van der Waals surface area contributed by atoms with Crippen molar-refractivity contribution in [2.24, 2.45) is 0 Å². The van der Waals surface area contributed by atoms with E-state index in [1.807, 2.05) is 41.5 Å². The number of rotatable bonds is 11. The number of amides is 1. The minimum absolute atomic E-state index is 0.0483. The Hall–Kier alpha value is -1.76.